The first kappa shape index (κ1) is 14.2. The highest BCUT2D eigenvalue weighted by Gasteiger charge is 2.28. The van der Waals surface area contributed by atoms with Crippen LogP contribution in [0.15, 0.2) is 30.5 Å². The van der Waals surface area contributed by atoms with E-state index in [1.165, 1.54) is 6.20 Å². The van der Waals surface area contributed by atoms with Gasteiger partial charge in [-0.3, -0.25) is 9.36 Å². The van der Waals surface area contributed by atoms with Gasteiger partial charge in [-0.1, -0.05) is 24.3 Å². The van der Waals surface area contributed by atoms with E-state index in [4.69, 9.17) is 9.47 Å². The Bertz CT molecular complexity index is 695. The fourth-order valence-electron chi connectivity index (χ4n) is 2.17. The van der Waals surface area contributed by atoms with Gasteiger partial charge in [0.05, 0.1) is 13.2 Å². The summed E-state index contributed by atoms with van der Waals surface area (Å²) < 4.78 is 12.7. The van der Waals surface area contributed by atoms with Crippen molar-refractivity contribution in [2.75, 3.05) is 6.61 Å². The van der Waals surface area contributed by atoms with Gasteiger partial charge in [0, 0.05) is 10.5 Å². The van der Waals surface area contributed by atoms with Gasteiger partial charge in [0.1, 0.15) is 25.2 Å². The molecule has 2 heterocycles. The molecular weight excluding hydrogens is 290 g/mol. The summed E-state index contributed by atoms with van der Waals surface area (Å²) in [5.41, 5.74) is 1.55. The molecule has 3 rings (SSSR count). The zero-order valence-electron chi connectivity index (χ0n) is 11.5. The van der Waals surface area contributed by atoms with Crippen LogP contribution < -0.4 is 4.74 Å². The molecular formula is C14H13N3O5. The molecule has 2 aromatic rings. The minimum atomic E-state index is -0.556. The Morgan fingerprint density at radius 3 is 2.91 bits per heavy atom. The first-order chi connectivity index (χ1) is 10.7. The molecule has 0 saturated heterocycles. The molecule has 8 nitrogen and oxygen atoms in total. The number of hydrogen-bond donors (Lipinski definition) is 0. The summed E-state index contributed by atoms with van der Waals surface area (Å²) in [4.78, 5) is 24.5. The van der Waals surface area contributed by atoms with Crippen LogP contribution in [-0.4, -0.2) is 33.5 Å². The van der Waals surface area contributed by atoms with Gasteiger partial charge >= 0.3 is 11.8 Å². The first-order valence-electron chi connectivity index (χ1n) is 6.66. The average Bonchev–Trinajstić information content (AvgIpc) is 2.97. The van der Waals surface area contributed by atoms with E-state index in [-0.39, 0.29) is 17.9 Å². The Hall–Kier alpha value is -2.74. The lowest BCUT2D eigenvalue weighted by molar-refractivity contribution is -0.389. The maximum atomic E-state index is 10.7. The van der Waals surface area contributed by atoms with E-state index in [0.29, 0.717) is 25.3 Å². The maximum Gasteiger partial charge on any atom is 0.414 e. The number of aldehydes is 1. The second-order valence-electron chi connectivity index (χ2n) is 4.89. The van der Waals surface area contributed by atoms with Crippen molar-refractivity contribution in [3.8, 4) is 6.01 Å². The van der Waals surface area contributed by atoms with Crippen LogP contribution in [0.1, 0.15) is 15.9 Å². The van der Waals surface area contributed by atoms with Crippen molar-refractivity contribution in [2.24, 2.45) is 0 Å². The number of carbonyl (C=O) groups excluding carboxylic acids is 1. The summed E-state index contributed by atoms with van der Waals surface area (Å²) in [5, 5.41) is 10.7. The van der Waals surface area contributed by atoms with Crippen LogP contribution in [-0.2, 0) is 17.9 Å². The molecule has 0 saturated carbocycles. The van der Waals surface area contributed by atoms with E-state index < -0.39 is 4.92 Å². The van der Waals surface area contributed by atoms with E-state index in [9.17, 15) is 14.9 Å². The van der Waals surface area contributed by atoms with Crippen molar-refractivity contribution in [2.45, 2.75) is 19.3 Å². The van der Waals surface area contributed by atoms with Gasteiger partial charge in [-0.25, -0.2) is 0 Å². The zero-order valence-corrected chi connectivity index (χ0v) is 11.5. The molecule has 1 atom stereocenters. The summed E-state index contributed by atoms with van der Waals surface area (Å²) in [6.07, 6.45) is 1.91. The Labute approximate surface area is 125 Å². The lowest BCUT2D eigenvalue weighted by Crippen LogP contribution is -2.32. The van der Waals surface area contributed by atoms with Crippen molar-refractivity contribution in [1.82, 2.24) is 9.55 Å². The van der Waals surface area contributed by atoms with E-state index >= 15 is 0 Å². The van der Waals surface area contributed by atoms with Gasteiger partial charge in [0.2, 0.25) is 0 Å². The van der Waals surface area contributed by atoms with Crippen molar-refractivity contribution < 1.29 is 19.2 Å². The summed E-state index contributed by atoms with van der Waals surface area (Å²) in [7, 11) is 0. The highest BCUT2D eigenvalue weighted by atomic mass is 16.6. The summed E-state index contributed by atoms with van der Waals surface area (Å²) in [6, 6.07) is 7.32. The third kappa shape index (κ3) is 2.96. The molecule has 1 aromatic carbocycles. The van der Waals surface area contributed by atoms with E-state index in [0.717, 1.165) is 11.8 Å². The molecule has 8 heteroatoms. The van der Waals surface area contributed by atoms with Crippen LogP contribution in [0.2, 0.25) is 0 Å². The fraction of sp³-hybridized carbons (Fsp3) is 0.286. The Morgan fingerprint density at radius 2 is 2.23 bits per heavy atom. The highest BCUT2D eigenvalue weighted by molar-refractivity contribution is 5.74. The Balaban J connectivity index is 1.59. The normalized spacial score (nSPS) is 16.6. The van der Waals surface area contributed by atoms with Crippen molar-refractivity contribution in [3.63, 3.8) is 0 Å². The predicted molar refractivity (Wildman–Crippen MR) is 74.8 cm³/mol. The second kappa shape index (κ2) is 5.94. The van der Waals surface area contributed by atoms with Crippen molar-refractivity contribution in [3.05, 3.63) is 51.7 Å². The summed E-state index contributed by atoms with van der Waals surface area (Å²) >= 11 is 0. The molecule has 114 valence electrons. The zero-order chi connectivity index (χ0) is 15.5. The van der Waals surface area contributed by atoms with Gasteiger partial charge in [-0.05, 0) is 10.5 Å². The standard InChI is InChI=1S/C14H13N3O5/c18-7-10-1-3-11(4-2-10)8-21-12-5-16-6-13(17(19)20)15-14(16)22-9-12/h1-4,6-7,12H,5,8-9H2/t12-/m0/s1. The van der Waals surface area contributed by atoms with Gasteiger partial charge in [-0.15, -0.1) is 0 Å². The van der Waals surface area contributed by atoms with Crippen LogP contribution >= 0.6 is 0 Å². The van der Waals surface area contributed by atoms with E-state index in [1.54, 1.807) is 16.7 Å². The minimum Gasteiger partial charge on any atom is -0.443 e. The van der Waals surface area contributed by atoms with Gasteiger partial charge in [0.15, 0.2) is 0 Å². The number of ether oxygens (including phenoxy) is 2. The number of imidazole rings is 1. The number of carbonyl (C=O) groups is 1. The Morgan fingerprint density at radius 1 is 1.45 bits per heavy atom. The molecule has 0 radical (unpaired) electrons. The highest BCUT2D eigenvalue weighted by Crippen LogP contribution is 2.22. The van der Waals surface area contributed by atoms with E-state index in [1.807, 2.05) is 12.1 Å². The lowest BCUT2D eigenvalue weighted by Gasteiger charge is -2.22. The van der Waals surface area contributed by atoms with Crippen LogP contribution in [0.4, 0.5) is 5.82 Å². The molecule has 22 heavy (non-hydrogen) atoms. The number of hydrogen-bond acceptors (Lipinski definition) is 6. The fourth-order valence-corrected chi connectivity index (χ4v) is 2.17. The third-order valence-corrected chi connectivity index (χ3v) is 3.31. The van der Waals surface area contributed by atoms with Gasteiger partial charge in [0.25, 0.3) is 0 Å². The van der Waals surface area contributed by atoms with Crippen LogP contribution in [0.25, 0.3) is 0 Å². The minimum absolute atomic E-state index is 0.216. The third-order valence-electron chi connectivity index (χ3n) is 3.31. The number of aromatic nitrogens is 2. The van der Waals surface area contributed by atoms with E-state index in [2.05, 4.69) is 4.98 Å². The molecule has 0 unspecified atom stereocenters. The number of rotatable bonds is 5. The van der Waals surface area contributed by atoms with Crippen LogP contribution in [0.3, 0.4) is 0 Å². The largest absolute Gasteiger partial charge is 0.443 e. The average molecular weight is 303 g/mol. The van der Waals surface area contributed by atoms with Crippen molar-refractivity contribution >= 4 is 12.1 Å². The summed E-state index contributed by atoms with van der Waals surface area (Å²) in [5.74, 6) is -0.236. The molecule has 0 bridgehead atoms. The van der Waals surface area contributed by atoms with Gasteiger partial charge in [-0.2, -0.15) is 0 Å². The van der Waals surface area contributed by atoms with Crippen LogP contribution in [0.5, 0.6) is 6.01 Å². The number of nitrogens with zero attached hydrogens (tertiary/aromatic N) is 3. The Kier molecular flexibility index (Phi) is 3.84. The summed E-state index contributed by atoms with van der Waals surface area (Å²) in [6.45, 7) is 1.11. The molecule has 0 amide bonds. The SMILES string of the molecule is O=Cc1ccc(CO[C@@H]2COc3nc([N+](=O)[O-])cn3C2)cc1. The quantitative estimate of drug-likeness (QED) is 0.472. The van der Waals surface area contributed by atoms with Gasteiger partial charge < -0.3 is 19.6 Å². The van der Waals surface area contributed by atoms with Crippen molar-refractivity contribution in [1.29, 1.82) is 0 Å². The molecule has 0 fully saturated rings. The molecule has 1 aliphatic rings. The molecule has 0 N–H and O–H groups in total. The lowest BCUT2D eigenvalue weighted by atomic mass is 10.1. The monoisotopic (exact) mass is 303 g/mol. The predicted octanol–water partition coefficient (Wildman–Crippen LogP) is 1.58. The molecule has 1 aliphatic heterocycles. The molecule has 0 aliphatic carbocycles. The molecule has 0 spiro atoms. The number of fused-ring (bicyclic) bond motifs is 1. The first-order valence-corrected chi connectivity index (χ1v) is 6.66. The number of nitro groups is 1. The van der Waals surface area contributed by atoms with Crippen LogP contribution in [0, 0.1) is 10.1 Å². The smallest absolute Gasteiger partial charge is 0.414 e. The number of benzene rings is 1. The second-order valence-corrected chi connectivity index (χ2v) is 4.89. The topological polar surface area (TPSA) is 96.5 Å². The molecule has 1 aromatic heterocycles. The maximum absolute atomic E-state index is 10.7.